The summed E-state index contributed by atoms with van der Waals surface area (Å²) in [6, 6.07) is 3.03. The van der Waals surface area contributed by atoms with E-state index < -0.39 is 11.9 Å². The number of hydrogen-bond donors (Lipinski definition) is 1. The monoisotopic (exact) mass is 256 g/mol. The lowest BCUT2D eigenvalue weighted by Gasteiger charge is -2.19. The Labute approximate surface area is 104 Å². The lowest BCUT2D eigenvalue weighted by molar-refractivity contribution is -0.137. The van der Waals surface area contributed by atoms with Gasteiger partial charge in [0.1, 0.15) is 12.2 Å². The zero-order valence-electron chi connectivity index (χ0n) is 9.39. The Kier molecular flexibility index (Phi) is 4.90. The molecule has 1 heterocycles. The van der Waals surface area contributed by atoms with E-state index in [-0.39, 0.29) is 12.2 Å². The Bertz CT molecular complexity index is 406. The molecule has 0 fully saturated rings. The Balaban J connectivity index is 2.83. The third-order valence-corrected chi connectivity index (χ3v) is 2.28. The van der Waals surface area contributed by atoms with E-state index in [0.717, 1.165) is 0 Å². The Morgan fingerprint density at radius 2 is 2.18 bits per heavy atom. The average molecular weight is 257 g/mol. The van der Waals surface area contributed by atoms with E-state index in [0.29, 0.717) is 18.0 Å². The lowest BCUT2D eigenvalue weighted by Crippen LogP contribution is -2.36. The number of carboxylic acids is 1. The largest absolute Gasteiger partial charge is 0.480 e. The summed E-state index contributed by atoms with van der Waals surface area (Å²) in [6.07, 6.45) is 2.05. The van der Waals surface area contributed by atoms with Crippen LogP contribution in [0.3, 0.4) is 0 Å². The first-order chi connectivity index (χ1) is 8.04. The molecule has 0 saturated carbocycles. The molecule has 0 bridgehead atoms. The number of carboxylic acid groups (broad SMARTS) is 1. The number of halogens is 1. The number of amides is 1. The van der Waals surface area contributed by atoms with Crippen molar-refractivity contribution in [1.29, 1.82) is 0 Å². The minimum Gasteiger partial charge on any atom is -0.480 e. The van der Waals surface area contributed by atoms with Crippen LogP contribution in [0.1, 0.15) is 23.8 Å². The first-order valence-corrected chi connectivity index (χ1v) is 5.55. The molecule has 6 heteroatoms. The van der Waals surface area contributed by atoms with E-state index >= 15 is 0 Å². The van der Waals surface area contributed by atoms with Gasteiger partial charge in [0.05, 0.1) is 5.02 Å². The van der Waals surface area contributed by atoms with Gasteiger partial charge in [-0.1, -0.05) is 18.5 Å². The summed E-state index contributed by atoms with van der Waals surface area (Å²) in [5.74, 6) is -1.44. The maximum absolute atomic E-state index is 11.9. The Morgan fingerprint density at radius 3 is 2.65 bits per heavy atom. The van der Waals surface area contributed by atoms with Crippen molar-refractivity contribution in [2.24, 2.45) is 0 Å². The molecule has 5 nitrogen and oxygen atoms in total. The van der Waals surface area contributed by atoms with Crippen LogP contribution in [0.4, 0.5) is 0 Å². The van der Waals surface area contributed by atoms with Gasteiger partial charge in [0.25, 0.3) is 5.91 Å². The molecule has 0 aliphatic heterocycles. The van der Waals surface area contributed by atoms with E-state index in [1.807, 2.05) is 6.92 Å². The van der Waals surface area contributed by atoms with Crippen molar-refractivity contribution < 1.29 is 14.7 Å². The summed E-state index contributed by atoms with van der Waals surface area (Å²) < 4.78 is 0. The number of hydrogen-bond acceptors (Lipinski definition) is 3. The molecule has 0 aliphatic carbocycles. The minimum absolute atomic E-state index is 0.198. The summed E-state index contributed by atoms with van der Waals surface area (Å²) in [6.45, 7) is 1.93. The zero-order chi connectivity index (χ0) is 12.8. The van der Waals surface area contributed by atoms with Crippen LogP contribution in [-0.4, -0.2) is 40.0 Å². The maximum Gasteiger partial charge on any atom is 0.323 e. The van der Waals surface area contributed by atoms with Gasteiger partial charge in [-0.3, -0.25) is 9.59 Å². The van der Waals surface area contributed by atoms with Crippen molar-refractivity contribution in [3.8, 4) is 0 Å². The molecular weight excluding hydrogens is 244 g/mol. The number of aromatic nitrogens is 1. The van der Waals surface area contributed by atoms with Crippen LogP contribution in [0.2, 0.25) is 5.02 Å². The molecule has 0 spiro atoms. The van der Waals surface area contributed by atoms with E-state index in [4.69, 9.17) is 16.7 Å². The molecule has 1 aromatic heterocycles. The van der Waals surface area contributed by atoms with Crippen LogP contribution in [-0.2, 0) is 4.79 Å². The van der Waals surface area contributed by atoms with Crippen molar-refractivity contribution in [3.63, 3.8) is 0 Å². The predicted octanol–water partition coefficient (Wildman–Crippen LogP) is 1.67. The second-order valence-corrected chi connectivity index (χ2v) is 3.92. The SMILES string of the molecule is CCCN(CC(=O)O)C(=O)c1ccc(Cl)cn1. The van der Waals surface area contributed by atoms with Gasteiger partial charge in [0, 0.05) is 12.7 Å². The molecule has 92 valence electrons. The molecule has 1 N–H and O–H groups in total. The van der Waals surface area contributed by atoms with Crippen molar-refractivity contribution in [2.45, 2.75) is 13.3 Å². The van der Waals surface area contributed by atoms with Crippen LogP contribution >= 0.6 is 11.6 Å². The fraction of sp³-hybridized carbons (Fsp3) is 0.364. The Morgan fingerprint density at radius 1 is 1.47 bits per heavy atom. The Hall–Kier alpha value is -1.62. The molecule has 1 rings (SSSR count). The molecule has 1 aromatic rings. The smallest absolute Gasteiger partial charge is 0.323 e. The van der Waals surface area contributed by atoms with Gasteiger partial charge in [0.2, 0.25) is 0 Å². The standard InChI is InChI=1S/C11H13ClN2O3/c1-2-5-14(7-10(15)16)11(17)9-4-3-8(12)6-13-9/h3-4,6H,2,5,7H2,1H3,(H,15,16). The number of carbonyl (C=O) groups is 2. The van der Waals surface area contributed by atoms with Crippen LogP contribution in [0.25, 0.3) is 0 Å². The lowest BCUT2D eigenvalue weighted by atomic mass is 10.3. The van der Waals surface area contributed by atoms with Crippen LogP contribution < -0.4 is 0 Å². The summed E-state index contributed by atoms with van der Waals surface area (Å²) in [4.78, 5) is 27.7. The zero-order valence-corrected chi connectivity index (χ0v) is 10.1. The molecule has 0 saturated heterocycles. The highest BCUT2D eigenvalue weighted by Gasteiger charge is 2.18. The van der Waals surface area contributed by atoms with Gasteiger partial charge < -0.3 is 10.0 Å². The molecule has 0 aromatic carbocycles. The fourth-order valence-electron chi connectivity index (χ4n) is 1.35. The first-order valence-electron chi connectivity index (χ1n) is 5.17. The predicted molar refractivity (Wildman–Crippen MR) is 63.1 cm³/mol. The van der Waals surface area contributed by atoms with Gasteiger partial charge in [-0.15, -0.1) is 0 Å². The van der Waals surface area contributed by atoms with Crippen LogP contribution in [0, 0.1) is 0 Å². The summed E-state index contributed by atoms with van der Waals surface area (Å²) >= 11 is 5.66. The normalized spacial score (nSPS) is 10.0. The van der Waals surface area contributed by atoms with E-state index in [1.54, 1.807) is 6.07 Å². The molecule has 0 unspecified atom stereocenters. The second-order valence-electron chi connectivity index (χ2n) is 3.48. The average Bonchev–Trinajstić information content (AvgIpc) is 2.28. The number of rotatable bonds is 5. The third kappa shape index (κ3) is 4.03. The highest BCUT2D eigenvalue weighted by molar-refractivity contribution is 6.30. The minimum atomic E-state index is -1.04. The van der Waals surface area contributed by atoms with Crippen LogP contribution in [0.5, 0.6) is 0 Å². The quantitative estimate of drug-likeness (QED) is 0.870. The van der Waals surface area contributed by atoms with E-state index in [9.17, 15) is 9.59 Å². The number of carbonyl (C=O) groups excluding carboxylic acids is 1. The number of aliphatic carboxylic acids is 1. The summed E-state index contributed by atoms with van der Waals surface area (Å²) in [5, 5.41) is 9.15. The third-order valence-electron chi connectivity index (χ3n) is 2.05. The van der Waals surface area contributed by atoms with Gasteiger partial charge in [-0.05, 0) is 18.6 Å². The summed E-state index contributed by atoms with van der Waals surface area (Å²) in [7, 11) is 0. The van der Waals surface area contributed by atoms with Gasteiger partial charge in [0.15, 0.2) is 0 Å². The summed E-state index contributed by atoms with van der Waals surface area (Å²) in [5.41, 5.74) is 0.198. The molecule has 0 radical (unpaired) electrons. The van der Waals surface area contributed by atoms with Crippen molar-refractivity contribution >= 4 is 23.5 Å². The molecule has 17 heavy (non-hydrogen) atoms. The van der Waals surface area contributed by atoms with E-state index in [2.05, 4.69) is 4.98 Å². The highest BCUT2D eigenvalue weighted by Crippen LogP contribution is 2.08. The molecular formula is C11H13ClN2O3. The maximum atomic E-state index is 11.9. The van der Waals surface area contributed by atoms with Crippen molar-refractivity contribution in [2.75, 3.05) is 13.1 Å². The van der Waals surface area contributed by atoms with Crippen LogP contribution in [0.15, 0.2) is 18.3 Å². The van der Waals surface area contributed by atoms with Crippen molar-refractivity contribution in [1.82, 2.24) is 9.88 Å². The molecule has 0 aliphatic rings. The second kappa shape index (κ2) is 6.20. The molecule has 1 amide bonds. The van der Waals surface area contributed by atoms with E-state index in [1.165, 1.54) is 17.2 Å². The number of pyridine rings is 1. The molecule has 0 atom stereocenters. The number of nitrogens with zero attached hydrogens (tertiary/aromatic N) is 2. The van der Waals surface area contributed by atoms with Gasteiger partial charge in [-0.25, -0.2) is 4.98 Å². The fourth-order valence-corrected chi connectivity index (χ4v) is 1.46. The highest BCUT2D eigenvalue weighted by atomic mass is 35.5. The first kappa shape index (κ1) is 13.4. The van der Waals surface area contributed by atoms with Gasteiger partial charge >= 0.3 is 5.97 Å². The topological polar surface area (TPSA) is 70.5 Å². The van der Waals surface area contributed by atoms with Crippen molar-refractivity contribution in [3.05, 3.63) is 29.0 Å². The van der Waals surface area contributed by atoms with Gasteiger partial charge in [-0.2, -0.15) is 0 Å².